The van der Waals surface area contributed by atoms with Crippen LogP contribution in [0.5, 0.6) is 0 Å². The van der Waals surface area contributed by atoms with Gasteiger partial charge >= 0.3 is 0 Å². The maximum Gasteiger partial charge on any atom is 0.197 e. The second-order valence-corrected chi connectivity index (χ2v) is 6.13. The van der Waals surface area contributed by atoms with Crippen molar-refractivity contribution in [2.75, 3.05) is 18.6 Å². The zero-order valence-corrected chi connectivity index (χ0v) is 11.5. The Morgan fingerprint density at radius 1 is 1.62 bits per heavy atom. The minimum Gasteiger partial charge on any atom is -0.353 e. The molecule has 1 unspecified atom stereocenters. The lowest BCUT2D eigenvalue weighted by Crippen LogP contribution is -2.37. The fourth-order valence-corrected chi connectivity index (χ4v) is 3.90. The number of nitrogens with zero attached hydrogens (tertiary/aromatic N) is 1. The summed E-state index contributed by atoms with van der Waals surface area (Å²) in [7, 11) is 0. The van der Waals surface area contributed by atoms with Crippen LogP contribution in [0.1, 0.15) is 12.1 Å². The molecular formula is C11H13NOS3. The Bertz CT molecular complexity index is 363. The molecule has 86 valence electrons. The average molecular weight is 271 g/mol. The van der Waals surface area contributed by atoms with Crippen LogP contribution >= 0.6 is 35.7 Å². The predicted octanol–water partition coefficient (Wildman–Crippen LogP) is 3.08. The van der Waals surface area contributed by atoms with Crippen LogP contribution in [0.3, 0.4) is 0 Å². The fourth-order valence-electron chi connectivity index (χ4n) is 1.59. The highest BCUT2D eigenvalue weighted by atomic mass is 32.2. The highest BCUT2D eigenvalue weighted by Gasteiger charge is 2.41. The molecule has 1 atom stereocenters. The monoisotopic (exact) mass is 271 g/mol. The molecule has 0 spiro atoms. The Kier molecular flexibility index (Phi) is 4.24. The van der Waals surface area contributed by atoms with E-state index in [9.17, 15) is 0 Å². The molecule has 1 aromatic heterocycles. The molecule has 0 N–H and O–H groups in total. The van der Waals surface area contributed by atoms with Gasteiger partial charge in [0.15, 0.2) is 4.93 Å². The van der Waals surface area contributed by atoms with E-state index < -0.39 is 4.93 Å². The molecule has 2 rings (SSSR count). The van der Waals surface area contributed by atoms with E-state index in [1.165, 1.54) is 0 Å². The van der Waals surface area contributed by atoms with Gasteiger partial charge in [0.25, 0.3) is 0 Å². The van der Waals surface area contributed by atoms with E-state index >= 15 is 0 Å². The molecule has 0 aromatic carbocycles. The number of thiocarbonyl (C=S) groups is 1. The van der Waals surface area contributed by atoms with Crippen LogP contribution in [0.25, 0.3) is 0 Å². The van der Waals surface area contributed by atoms with Gasteiger partial charge in [0.1, 0.15) is 0 Å². The summed E-state index contributed by atoms with van der Waals surface area (Å²) in [5.41, 5.74) is 0.916. The molecule has 0 radical (unpaired) electrons. The van der Waals surface area contributed by atoms with Gasteiger partial charge in [-0.1, -0.05) is 18.3 Å². The molecule has 0 bridgehead atoms. The molecule has 2 nitrogen and oxygen atoms in total. The van der Waals surface area contributed by atoms with Crippen LogP contribution < -0.4 is 0 Å². The van der Waals surface area contributed by atoms with Crippen LogP contribution in [0.4, 0.5) is 0 Å². The van der Waals surface area contributed by atoms with Gasteiger partial charge in [-0.25, -0.2) is 0 Å². The average Bonchev–Trinajstić information content (AvgIpc) is 2.39. The summed E-state index contributed by atoms with van der Waals surface area (Å²) in [5, 5.41) is 0. The number of rotatable bonds is 2. The molecule has 2 heterocycles. The van der Waals surface area contributed by atoms with Crippen LogP contribution in [0.15, 0.2) is 24.4 Å². The SMILES string of the molecule is CSC(=S)C1(c2ccccn2)OCCCS1. The molecule has 0 amide bonds. The van der Waals surface area contributed by atoms with Crippen molar-refractivity contribution in [2.45, 2.75) is 11.4 Å². The number of aromatic nitrogens is 1. The van der Waals surface area contributed by atoms with E-state index in [4.69, 9.17) is 17.0 Å². The van der Waals surface area contributed by atoms with E-state index in [0.29, 0.717) is 0 Å². The maximum absolute atomic E-state index is 5.94. The highest BCUT2D eigenvalue weighted by Crippen LogP contribution is 2.44. The third-order valence-electron chi connectivity index (χ3n) is 2.36. The summed E-state index contributed by atoms with van der Waals surface area (Å²) >= 11 is 8.77. The topological polar surface area (TPSA) is 22.1 Å². The van der Waals surface area contributed by atoms with Gasteiger partial charge in [-0.3, -0.25) is 4.98 Å². The smallest absolute Gasteiger partial charge is 0.197 e. The van der Waals surface area contributed by atoms with Crippen LogP contribution in [-0.2, 0) is 9.67 Å². The molecule has 0 saturated carbocycles. The Morgan fingerprint density at radius 3 is 3.06 bits per heavy atom. The third kappa shape index (κ3) is 2.27. The second kappa shape index (κ2) is 5.49. The summed E-state index contributed by atoms with van der Waals surface area (Å²) in [5.74, 6) is 1.07. The molecule has 5 heteroatoms. The molecule has 0 aliphatic carbocycles. The van der Waals surface area contributed by atoms with E-state index in [1.54, 1.807) is 29.7 Å². The quantitative estimate of drug-likeness (QED) is 0.769. The first-order valence-electron chi connectivity index (χ1n) is 5.07. The summed E-state index contributed by atoms with van der Waals surface area (Å²) < 4.78 is 6.80. The van der Waals surface area contributed by atoms with Crippen LogP contribution in [-0.4, -0.2) is 27.8 Å². The van der Waals surface area contributed by atoms with Crippen LogP contribution in [0.2, 0.25) is 0 Å². The fraction of sp³-hybridized carbons (Fsp3) is 0.455. The van der Waals surface area contributed by atoms with Crippen molar-refractivity contribution in [3.05, 3.63) is 30.1 Å². The van der Waals surface area contributed by atoms with Crippen molar-refractivity contribution < 1.29 is 4.74 Å². The summed E-state index contributed by atoms with van der Waals surface area (Å²) in [4.78, 5) is 3.88. The lowest BCUT2D eigenvalue weighted by atomic mass is 10.2. The minimum absolute atomic E-state index is 0.520. The molecule has 16 heavy (non-hydrogen) atoms. The van der Waals surface area contributed by atoms with Crippen molar-refractivity contribution in [1.29, 1.82) is 0 Å². The second-order valence-electron chi connectivity index (χ2n) is 3.37. The lowest BCUT2D eigenvalue weighted by Gasteiger charge is -2.35. The van der Waals surface area contributed by atoms with Crippen molar-refractivity contribution in [3.8, 4) is 0 Å². The number of ether oxygens (including phenoxy) is 1. The van der Waals surface area contributed by atoms with Crippen molar-refractivity contribution in [2.24, 2.45) is 0 Å². The van der Waals surface area contributed by atoms with Crippen LogP contribution in [0, 0.1) is 0 Å². The molecular weight excluding hydrogens is 258 g/mol. The standard InChI is InChI=1S/C11H13NOS3/c1-15-10(14)11(13-7-4-8-16-11)9-5-2-3-6-12-9/h2-3,5-6H,4,7-8H2,1H3. The van der Waals surface area contributed by atoms with Gasteiger partial charge in [0.05, 0.1) is 16.5 Å². The van der Waals surface area contributed by atoms with Gasteiger partial charge in [0.2, 0.25) is 0 Å². The minimum atomic E-state index is -0.520. The molecule has 1 aliphatic heterocycles. The van der Waals surface area contributed by atoms with E-state index in [1.807, 2.05) is 24.5 Å². The summed E-state index contributed by atoms with van der Waals surface area (Å²) in [6, 6.07) is 5.87. The first-order valence-corrected chi connectivity index (χ1v) is 7.69. The Morgan fingerprint density at radius 2 is 2.50 bits per heavy atom. The number of hydrogen-bond donors (Lipinski definition) is 0. The lowest BCUT2D eigenvalue weighted by molar-refractivity contribution is 0.0659. The largest absolute Gasteiger partial charge is 0.353 e. The van der Waals surface area contributed by atoms with Gasteiger partial charge in [-0.2, -0.15) is 0 Å². The predicted molar refractivity (Wildman–Crippen MR) is 75.1 cm³/mol. The maximum atomic E-state index is 5.94. The number of thioether (sulfide) groups is 2. The number of pyridine rings is 1. The molecule has 1 fully saturated rings. The van der Waals surface area contributed by atoms with Crippen molar-refractivity contribution in [1.82, 2.24) is 4.98 Å². The van der Waals surface area contributed by atoms with Gasteiger partial charge in [-0.05, 0) is 30.6 Å². The van der Waals surface area contributed by atoms with Gasteiger partial charge in [0, 0.05) is 6.20 Å². The van der Waals surface area contributed by atoms with Crippen molar-refractivity contribution >= 4 is 39.9 Å². The summed E-state index contributed by atoms with van der Waals surface area (Å²) in [6.45, 7) is 0.754. The normalized spacial score (nSPS) is 25.3. The Hall–Kier alpha value is -0.100. The van der Waals surface area contributed by atoms with Crippen molar-refractivity contribution in [3.63, 3.8) is 0 Å². The van der Waals surface area contributed by atoms with E-state index in [2.05, 4.69) is 4.98 Å². The van der Waals surface area contributed by atoms with Gasteiger partial charge in [-0.15, -0.1) is 23.5 Å². The third-order valence-corrected chi connectivity index (χ3v) is 5.49. The zero-order valence-electron chi connectivity index (χ0n) is 9.01. The first-order chi connectivity index (χ1) is 7.79. The molecule has 1 aromatic rings. The Labute approximate surface area is 110 Å². The number of hydrogen-bond acceptors (Lipinski definition) is 5. The molecule has 1 saturated heterocycles. The molecule has 1 aliphatic rings. The first kappa shape index (κ1) is 12.4. The summed E-state index contributed by atoms with van der Waals surface area (Å²) in [6.07, 6.45) is 4.86. The van der Waals surface area contributed by atoms with E-state index in [-0.39, 0.29) is 0 Å². The Balaban J connectivity index is 2.38. The zero-order chi connectivity index (χ0) is 11.4. The van der Waals surface area contributed by atoms with Gasteiger partial charge < -0.3 is 4.74 Å². The van der Waals surface area contributed by atoms with E-state index in [0.717, 1.165) is 28.7 Å². The highest BCUT2D eigenvalue weighted by molar-refractivity contribution is 8.24.